The summed E-state index contributed by atoms with van der Waals surface area (Å²) in [6.07, 6.45) is 2.73. The van der Waals surface area contributed by atoms with E-state index in [9.17, 15) is 4.39 Å². The third-order valence-electron chi connectivity index (χ3n) is 1.90. The summed E-state index contributed by atoms with van der Waals surface area (Å²) >= 11 is 0. The maximum atomic E-state index is 12.6. The van der Waals surface area contributed by atoms with E-state index in [4.69, 9.17) is 0 Å². The zero-order valence-electron chi connectivity index (χ0n) is 7.16. The van der Waals surface area contributed by atoms with Crippen molar-refractivity contribution < 1.29 is 4.39 Å². The van der Waals surface area contributed by atoms with E-state index >= 15 is 0 Å². The van der Waals surface area contributed by atoms with Crippen LogP contribution in [0.4, 0.5) is 4.39 Å². The van der Waals surface area contributed by atoms with Crippen LogP contribution in [0.2, 0.25) is 0 Å². The molecule has 3 heteroatoms. The quantitative estimate of drug-likeness (QED) is 0.648. The molecule has 2 rings (SSSR count). The lowest BCUT2D eigenvalue weighted by Crippen LogP contribution is -1.92. The van der Waals surface area contributed by atoms with Crippen molar-refractivity contribution in [2.24, 2.45) is 7.05 Å². The predicted molar refractivity (Wildman–Crippen MR) is 47.4 cm³/mol. The Bertz CT molecular complexity index is 403. The van der Waals surface area contributed by atoms with Crippen LogP contribution in [0.15, 0.2) is 30.3 Å². The molecular weight excluding hydrogens is 167 g/mol. The van der Waals surface area contributed by atoms with Gasteiger partial charge in [0.1, 0.15) is 12.0 Å². The second-order valence-corrected chi connectivity index (χ2v) is 2.79. The monoisotopic (exact) mass is 175 g/mol. The van der Waals surface area contributed by atoms with Crippen molar-refractivity contribution in [1.82, 2.24) is 9.78 Å². The van der Waals surface area contributed by atoms with Crippen molar-refractivity contribution in [1.29, 1.82) is 0 Å². The van der Waals surface area contributed by atoms with Crippen LogP contribution < -0.4 is 0 Å². The lowest BCUT2D eigenvalue weighted by Gasteiger charge is -2.00. The van der Waals surface area contributed by atoms with E-state index in [0.717, 1.165) is 11.3 Å². The van der Waals surface area contributed by atoms with Crippen molar-refractivity contribution in [2.75, 3.05) is 0 Å². The number of aromatic nitrogens is 2. The third-order valence-corrected chi connectivity index (χ3v) is 1.90. The number of benzene rings is 1. The van der Waals surface area contributed by atoms with E-state index in [-0.39, 0.29) is 5.82 Å². The van der Waals surface area contributed by atoms with Crippen molar-refractivity contribution >= 4 is 0 Å². The Kier molecular flexibility index (Phi) is 1.85. The molecule has 0 amide bonds. The molecule has 65 valence electrons. The van der Waals surface area contributed by atoms with Gasteiger partial charge in [-0.15, -0.1) is 0 Å². The molecule has 1 radical (unpaired) electrons. The van der Waals surface area contributed by atoms with Gasteiger partial charge in [0, 0.05) is 7.05 Å². The Morgan fingerprint density at radius 2 is 2.00 bits per heavy atom. The summed E-state index contributed by atoms with van der Waals surface area (Å²) in [5.41, 5.74) is 1.87. The van der Waals surface area contributed by atoms with Crippen molar-refractivity contribution in [2.45, 2.75) is 0 Å². The van der Waals surface area contributed by atoms with Gasteiger partial charge in [-0.25, -0.2) is 4.39 Å². The zero-order chi connectivity index (χ0) is 9.26. The summed E-state index contributed by atoms with van der Waals surface area (Å²) in [5, 5.41) is 3.91. The highest BCUT2D eigenvalue weighted by molar-refractivity contribution is 5.58. The third kappa shape index (κ3) is 1.45. The number of hydrogen-bond donors (Lipinski definition) is 0. The molecule has 0 saturated heterocycles. The van der Waals surface area contributed by atoms with E-state index in [1.165, 1.54) is 12.1 Å². The maximum absolute atomic E-state index is 12.6. The Balaban J connectivity index is 2.47. The van der Waals surface area contributed by atoms with E-state index in [0.29, 0.717) is 0 Å². The van der Waals surface area contributed by atoms with Gasteiger partial charge >= 0.3 is 0 Å². The van der Waals surface area contributed by atoms with Crippen LogP contribution in [0.25, 0.3) is 11.3 Å². The minimum absolute atomic E-state index is 0.227. The SMILES string of the molecule is Cn1n[c]cc1-c1ccc(F)cc1. The fourth-order valence-corrected chi connectivity index (χ4v) is 1.21. The second-order valence-electron chi connectivity index (χ2n) is 2.79. The first-order valence-corrected chi connectivity index (χ1v) is 3.93. The summed E-state index contributed by atoms with van der Waals surface area (Å²) in [5.74, 6) is -0.227. The van der Waals surface area contributed by atoms with Gasteiger partial charge in [-0.05, 0) is 35.9 Å². The number of hydrogen-bond acceptors (Lipinski definition) is 1. The molecule has 0 atom stereocenters. The Morgan fingerprint density at radius 1 is 1.31 bits per heavy atom. The van der Waals surface area contributed by atoms with Gasteiger partial charge in [0.2, 0.25) is 0 Å². The first-order chi connectivity index (χ1) is 6.27. The van der Waals surface area contributed by atoms with E-state index in [2.05, 4.69) is 11.3 Å². The molecule has 1 aromatic carbocycles. The summed E-state index contributed by atoms with van der Waals surface area (Å²) < 4.78 is 14.3. The van der Waals surface area contributed by atoms with Crippen LogP contribution in [0.5, 0.6) is 0 Å². The smallest absolute Gasteiger partial charge is 0.123 e. The molecule has 0 spiro atoms. The summed E-state index contributed by atoms with van der Waals surface area (Å²) in [7, 11) is 1.83. The van der Waals surface area contributed by atoms with Gasteiger partial charge in [-0.1, -0.05) is 0 Å². The molecule has 1 aromatic heterocycles. The fraction of sp³-hybridized carbons (Fsp3) is 0.100. The predicted octanol–water partition coefficient (Wildman–Crippen LogP) is 2.03. The summed E-state index contributed by atoms with van der Waals surface area (Å²) in [6.45, 7) is 0. The van der Waals surface area contributed by atoms with Crippen LogP contribution >= 0.6 is 0 Å². The highest BCUT2D eigenvalue weighted by Crippen LogP contribution is 2.17. The summed E-state index contributed by atoms with van der Waals surface area (Å²) in [4.78, 5) is 0. The molecule has 0 aliphatic carbocycles. The molecule has 0 bridgehead atoms. The average Bonchev–Trinajstić information content (AvgIpc) is 2.53. The molecule has 0 aliphatic heterocycles. The van der Waals surface area contributed by atoms with Gasteiger partial charge in [0.05, 0.1) is 5.69 Å². The number of nitrogens with zero attached hydrogens (tertiary/aromatic N) is 2. The van der Waals surface area contributed by atoms with Crippen molar-refractivity contribution in [3.8, 4) is 11.3 Å². The number of halogens is 1. The molecule has 2 nitrogen and oxygen atoms in total. The first kappa shape index (κ1) is 7.98. The highest BCUT2D eigenvalue weighted by atomic mass is 19.1. The van der Waals surface area contributed by atoms with Crippen LogP contribution in [0, 0.1) is 12.0 Å². The van der Waals surface area contributed by atoms with Gasteiger partial charge in [0.15, 0.2) is 0 Å². The zero-order valence-corrected chi connectivity index (χ0v) is 7.16. The normalized spacial score (nSPS) is 10.3. The van der Waals surface area contributed by atoms with Crippen LogP contribution in [-0.2, 0) is 7.05 Å². The van der Waals surface area contributed by atoms with E-state index < -0.39 is 0 Å². The molecule has 13 heavy (non-hydrogen) atoms. The Morgan fingerprint density at radius 3 is 2.54 bits per heavy atom. The average molecular weight is 175 g/mol. The van der Waals surface area contributed by atoms with Crippen LogP contribution in [0.1, 0.15) is 0 Å². The summed E-state index contributed by atoms with van der Waals surface area (Å²) in [6, 6.07) is 8.08. The molecule has 0 unspecified atom stereocenters. The topological polar surface area (TPSA) is 17.8 Å². The van der Waals surface area contributed by atoms with Gasteiger partial charge in [-0.3, -0.25) is 4.68 Å². The molecular formula is C10H8FN2. The number of rotatable bonds is 1. The van der Waals surface area contributed by atoms with Crippen molar-refractivity contribution in [3.63, 3.8) is 0 Å². The Hall–Kier alpha value is -1.64. The lowest BCUT2D eigenvalue weighted by atomic mass is 10.1. The lowest BCUT2D eigenvalue weighted by molar-refractivity contribution is 0.628. The molecule has 0 N–H and O–H groups in total. The fourth-order valence-electron chi connectivity index (χ4n) is 1.21. The maximum Gasteiger partial charge on any atom is 0.123 e. The molecule has 0 fully saturated rings. The van der Waals surface area contributed by atoms with Crippen molar-refractivity contribution in [3.05, 3.63) is 42.3 Å². The van der Waals surface area contributed by atoms with E-state index in [1.54, 1.807) is 22.9 Å². The molecule has 0 saturated carbocycles. The Labute approximate surface area is 75.6 Å². The minimum Gasteiger partial charge on any atom is -0.267 e. The largest absolute Gasteiger partial charge is 0.267 e. The molecule has 1 heterocycles. The standard InChI is InChI=1S/C10H8FN2/c1-13-10(6-7-12-13)8-2-4-9(11)5-3-8/h2-6H,1H3. The van der Waals surface area contributed by atoms with Gasteiger partial charge in [0.25, 0.3) is 0 Å². The van der Waals surface area contributed by atoms with Crippen LogP contribution in [0.3, 0.4) is 0 Å². The first-order valence-electron chi connectivity index (χ1n) is 3.93. The van der Waals surface area contributed by atoms with Gasteiger partial charge in [-0.2, -0.15) is 5.10 Å². The molecule has 0 aliphatic rings. The van der Waals surface area contributed by atoms with Gasteiger partial charge < -0.3 is 0 Å². The molecule has 2 aromatic rings. The highest BCUT2D eigenvalue weighted by Gasteiger charge is 2.01. The van der Waals surface area contributed by atoms with Crippen LogP contribution in [-0.4, -0.2) is 9.78 Å². The number of aryl methyl sites for hydroxylation is 1. The second kappa shape index (κ2) is 3.01. The van der Waals surface area contributed by atoms with E-state index in [1.807, 2.05) is 7.05 Å². The minimum atomic E-state index is -0.227.